The average Bonchev–Trinajstić information content (AvgIpc) is 3.11. The van der Waals surface area contributed by atoms with Gasteiger partial charge in [-0.3, -0.25) is 15.0 Å². The maximum atomic E-state index is 11.9. The molecule has 0 saturated carbocycles. The summed E-state index contributed by atoms with van der Waals surface area (Å²) < 4.78 is 0. The van der Waals surface area contributed by atoms with Crippen molar-refractivity contribution in [3.05, 3.63) is 10.5 Å². The molecule has 0 aliphatic carbocycles. The lowest BCUT2D eigenvalue weighted by Crippen LogP contribution is -2.48. The lowest BCUT2D eigenvalue weighted by molar-refractivity contribution is -0.117. The molecule has 1 aliphatic heterocycles. The van der Waals surface area contributed by atoms with Gasteiger partial charge in [-0.1, -0.05) is 22.7 Å². The minimum Gasteiger partial charge on any atom is -0.344 e. The zero-order chi connectivity index (χ0) is 14.7. The number of carbonyl (C=O) groups is 1. The van der Waals surface area contributed by atoms with Crippen molar-refractivity contribution in [1.82, 2.24) is 25.3 Å². The molecule has 0 unspecified atom stereocenters. The molecule has 0 bridgehead atoms. The van der Waals surface area contributed by atoms with Crippen LogP contribution in [0.2, 0.25) is 0 Å². The zero-order valence-electron chi connectivity index (χ0n) is 11.5. The topological polar surface area (TPSA) is 87.1 Å². The summed E-state index contributed by atoms with van der Waals surface area (Å²) in [6.45, 7) is 5.73. The fraction of sp³-hybridized carbons (Fsp3) is 0.545. The lowest BCUT2D eigenvalue weighted by Gasteiger charge is -2.33. The van der Waals surface area contributed by atoms with Crippen molar-refractivity contribution in [2.45, 2.75) is 6.92 Å². The van der Waals surface area contributed by atoms with E-state index < -0.39 is 0 Å². The molecule has 112 valence electrons. The van der Waals surface area contributed by atoms with Gasteiger partial charge in [-0.2, -0.15) is 0 Å². The van der Waals surface area contributed by atoms with Crippen LogP contribution < -0.4 is 10.2 Å². The van der Waals surface area contributed by atoms with Crippen molar-refractivity contribution >= 4 is 38.8 Å². The van der Waals surface area contributed by atoms with Crippen LogP contribution in [0.5, 0.6) is 0 Å². The van der Waals surface area contributed by atoms with Gasteiger partial charge in [-0.05, 0) is 6.92 Å². The second kappa shape index (κ2) is 6.41. The van der Waals surface area contributed by atoms with Gasteiger partial charge in [0.2, 0.25) is 16.2 Å². The van der Waals surface area contributed by atoms with E-state index in [-0.39, 0.29) is 5.91 Å². The number of rotatable bonds is 4. The van der Waals surface area contributed by atoms with E-state index in [9.17, 15) is 4.79 Å². The van der Waals surface area contributed by atoms with Crippen LogP contribution in [0.1, 0.15) is 5.01 Å². The Bertz CT molecular complexity index is 591. The highest BCUT2D eigenvalue weighted by atomic mass is 32.1. The van der Waals surface area contributed by atoms with Crippen molar-refractivity contribution in [2.75, 3.05) is 42.9 Å². The minimum atomic E-state index is -0.0491. The highest BCUT2D eigenvalue weighted by molar-refractivity contribution is 7.15. The molecule has 10 heteroatoms. The van der Waals surface area contributed by atoms with Crippen LogP contribution >= 0.6 is 22.7 Å². The Balaban J connectivity index is 1.46. The molecule has 3 heterocycles. The van der Waals surface area contributed by atoms with Crippen molar-refractivity contribution in [2.24, 2.45) is 0 Å². The van der Waals surface area contributed by atoms with Crippen LogP contribution in [0.15, 0.2) is 5.51 Å². The van der Waals surface area contributed by atoms with E-state index in [2.05, 4.69) is 35.5 Å². The molecule has 0 aromatic carbocycles. The molecule has 8 nitrogen and oxygen atoms in total. The number of anilines is 2. The van der Waals surface area contributed by atoms with Gasteiger partial charge in [0, 0.05) is 26.2 Å². The Labute approximate surface area is 129 Å². The van der Waals surface area contributed by atoms with Crippen LogP contribution in [0.4, 0.5) is 10.3 Å². The summed E-state index contributed by atoms with van der Waals surface area (Å²) in [5.41, 5.74) is 1.60. The summed E-state index contributed by atoms with van der Waals surface area (Å²) >= 11 is 2.92. The van der Waals surface area contributed by atoms with E-state index in [1.165, 1.54) is 11.3 Å². The number of aromatic nitrogens is 4. The maximum absolute atomic E-state index is 11.9. The molecule has 2 aromatic heterocycles. The number of piperazine rings is 1. The molecule has 21 heavy (non-hydrogen) atoms. The van der Waals surface area contributed by atoms with Gasteiger partial charge in [-0.15, -0.1) is 20.4 Å². The molecular formula is C11H15N7OS2. The molecule has 0 radical (unpaired) electrons. The SMILES string of the molecule is Cc1nnc(N2CCN(CC(=O)Nc3nncs3)CC2)s1. The largest absolute Gasteiger partial charge is 0.344 e. The molecule has 0 atom stereocenters. The number of amides is 1. The van der Waals surface area contributed by atoms with Gasteiger partial charge in [-0.25, -0.2) is 0 Å². The molecule has 1 amide bonds. The van der Waals surface area contributed by atoms with E-state index in [0.29, 0.717) is 11.7 Å². The summed E-state index contributed by atoms with van der Waals surface area (Å²) in [5.74, 6) is -0.0491. The molecule has 1 N–H and O–H groups in total. The summed E-state index contributed by atoms with van der Waals surface area (Å²) in [5, 5.41) is 20.9. The second-order valence-electron chi connectivity index (χ2n) is 4.66. The maximum Gasteiger partial charge on any atom is 0.240 e. The summed E-state index contributed by atoms with van der Waals surface area (Å²) in [6.07, 6.45) is 0. The fourth-order valence-corrected chi connectivity index (χ4v) is 3.30. The monoisotopic (exact) mass is 325 g/mol. The van der Waals surface area contributed by atoms with Crippen LogP contribution in [-0.2, 0) is 4.79 Å². The van der Waals surface area contributed by atoms with E-state index >= 15 is 0 Å². The second-order valence-corrected chi connectivity index (χ2v) is 6.65. The number of hydrogen-bond acceptors (Lipinski definition) is 9. The third kappa shape index (κ3) is 3.71. The Kier molecular flexibility index (Phi) is 4.36. The Morgan fingerprint density at radius 3 is 2.71 bits per heavy atom. The molecule has 1 aliphatic rings. The molecule has 0 spiro atoms. The predicted molar refractivity (Wildman–Crippen MR) is 81.8 cm³/mol. The first-order valence-corrected chi connectivity index (χ1v) is 8.24. The molecule has 3 rings (SSSR count). The normalized spacial score (nSPS) is 16.1. The van der Waals surface area contributed by atoms with Crippen LogP contribution in [0.3, 0.4) is 0 Å². The first-order chi connectivity index (χ1) is 10.2. The first-order valence-electron chi connectivity index (χ1n) is 6.54. The minimum absolute atomic E-state index is 0.0491. The Morgan fingerprint density at radius 2 is 2.10 bits per heavy atom. The lowest BCUT2D eigenvalue weighted by atomic mass is 10.3. The molecular weight excluding hydrogens is 310 g/mol. The fourth-order valence-electron chi connectivity index (χ4n) is 2.10. The van der Waals surface area contributed by atoms with Gasteiger partial charge in [0.15, 0.2) is 0 Å². The van der Waals surface area contributed by atoms with Crippen LogP contribution in [0, 0.1) is 6.92 Å². The van der Waals surface area contributed by atoms with Gasteiger partial charge in [0.25, 0.3) is 0 Å². The number of nitrogens with one attached hydrogen (secondary N) is 1. The number of hydrogen-bond donors (Lipinski definition) is 1. The standard InChI is InChI=1S/C11H15N7OS2/c1-8-14-16-11(21-8)18-4-2-17(3-5-18)6-9(19)13-10-15-12-7-20-10/h7H,2-6H2,1H3,(H,13,15,19). The van der Waals surface area contributed by atoms with Crippen molar-refractivity contribution in [1.29, 1.82) is 0 Å². The number of nitrogens with zero attached hydrogens (tertiary/aromatic N) is 6. The van der Waals surface area contributed by atoms with Crippen LogP contribution in [-0.4, -0.2) is 63.9 Å². The Hall–Kier alpha value is -1.65. The third-order valence-corrected chi connectivity index (χ3v) is 4.64. The van der Waals surface area contributed by atoms with Gasteiger partial charge < -0.3 is 4.90 Å². The van der Waals surface area contributed by atoms with Crippen molar-refractivity contribution in [3.63, 3.8) is 0 Å². The number of carbonyl (C=O) groups excluding carboxylic acids is 1. The highest BCUT2D eigenvalue weighted by Crippen LogP contribution is 2.20. The third-order valence-electron chi connectivity index (χ3n) is 3.13. The quantitative estimate of drug-likeness (QED) is 0.873. The smallest absolute Gasteiger partial charge is 0.240 e. The van der Waals surface area contributed by atoms with Crippen molar-refractivity contribution in [3.8, 4) is 0 Å². The van der Waals surface area contributed by atoms with Gasteiger partial charge in [0.05, 0.1) is 6.54 Å². The zero-order valence-corrected chi connectivity index (χ0v) is 13.2. The Morgan fingerprint density at radius 1 is 1.29 bits per heavy atom. The summed E-state index contributed by atoms with van der Waals surface area (Å²) in [4.78, 5) is 16.2. The predicted octanol–water partition coefficient (Wildman–Crippen LogP) is 0.459. The van der Waals surface area contributed by atoms with Gasteiger partial charge in [0.1, 0.15) is 10.5 Å². The van der Waals surface area contributed by atoms with Crippen molar-refractivity contribution < 1.29 is 4.79 Å². The first kappa shape index (κ1) is 14.3. The van der Waals surface area contributed by atoms with E-state index in [0.717, 1.165) is 36.3 Å². The molecule has 1 fully saturated rings. The highest BCUT2D eigenvalue weighted by Gasteiger charge is 2.21. The molecule has 2 aromatic rings. The van der Waals surface area contributed by atoms with Crippen LogP contribution in [0.25, 0.3) is 0 Å². The molecule has 1 saturated heterocycles. The summed E-state index contributed by atoms with van der Waals surface area (Å²) in [6, 6.07) is 0. The average molecular weight is 325 g/mol. The van der Waals surface area contributed by atoms with Gasteiger partial charge >= 0.3 is 0 Å². The van der Waals surface area contributed by atoms with E-state index in [1.807, 2.05) is 6.92 Å². The van der Waals surface area contributed by atoms with E-state index in [1.54, 1.807) is 16.8 Å². The summed E-state index contributed by atoms with van der Waals surface area (Å²) in [7, 11) is 0. The van der Waals surface area contributed by atoms with E-state index in [4.69, 9.17) is 0 Å². The number of aryl methyl sites for hydroxylation is 1.